The number of aromatic amines is 2. The molecule has 0 amide bonds. The largest absolute Gasteiger partial charge is 0.305 e. The zero-order valence-electron chi connectivity index (χ0n) is 6.67. The fourth-order valence-electron chi connectivity index (χ4n) is 1.19. The highest BCUT2D eigenvalue weighted by atomic mass is 79.9. The van der Waals surface area contributed by atoms with Crippen molar-refractivity contribution in [1.29, 1.82) is 0 Å². The van der Waals surface area contributed by atoms with Crippen molar-refractivity contribution in [3.05, 3.63) is 45.3 Å². The smallest absolute Gasteiger partial charge is 0.271 e. The number of hydrogen-bond donors (Lipinski definition) is 2. The summed E-state index contributed by atoms with van der Waals surface area (Å²) >= 11 is 3.39. The summed E-state index contributed by atoms with van der Waals surface area (Å²) in [5.41, 5.74) is 1.43. The van der Waals surface area contributed by atoms with Crippen LogP contribution in [0.25, 0.3) is 11.1 Å². The monoisotopic (exact) mass is 238 g/mol. The molecule has 0 aliphatic heterocycles. The summed E-state index contributed by atoms with van der Waals surface area (Å²) in [7, 11) is 0. The fraction of sp³-hybridized carbons (Fsp3) is 0. The van der Waals surface area contributed by atoms with Gasteiger partial charge in [0.15, 0.2) is 0 Å². The maximum Gasteiger partial charge on any atom is 0.271 e. The van der Waals surface area contributed by atoms with Crippen LogP contribution in [0.15, 0.2) is 39.7 Å². The van der Waals surface area contributed by atoms with Crippen molar-refractivity contribution in [2.45, 2.75) is 0 Å². The highest BCUT2D eigenvalue weighted by molar-refractivity contribution is 9.10. The summed E-state index contributed by atoms with van der Waals surface area (Å²) in [6, 6.07) is 7.60. The van der Waals surface area contributed by atoms with Gasteiger partial charge in [-0.15, -0.1) is 0 Å². The molecule has 0 saturated heterocycles. The quantitative estimate of drug-likeness (QED) is 0.786. The van der Waals surface area contributed by atoms with Crippen LogP contribution < -0.4 is 5.56 Å². The Labute approximate surface area is 82.9 Å². The molecule has 2 aromatic rings. The molecule has 2 N–H and O–H groups in total. The predicted molar refractivity (Wildman–Crippen MR) is 54.5 cm³/mol. The number of nitrogens with one attached hydrogen (secondary N) is 2. The zero-order valence-corrected chi connectivity index (χ0v) is 8.26. The number of rotatable bonds is 1. The van der Waals surface area contributed by atoms with Crippen LogP contribution in [0.5, 0.6) is 0 Å². The lowest BCUT2D eigenvalue weighted by Gasteiger charge is -1.97. The molecule has 1 heterocycles. The van der Waals surface area contributed by atoms with Gasteiger partial charge in [-0.2, -0.15) is 0 Å². The molecule has 66 valence electrons. The second kappa shape index (κ2) is 3.22. The first kappa shape index (κ1) is 8.31. The fourth-order valence-corrected chi connectivity index (χ4v) is 1.68. The average Bonchev–Trinajstić information content (AvgIpc) is 2.52. The first-order chi connectivity index (χ1) is 6.29. The maximum atomic E-state index is 11.3. The molecule has 2 rings (SSSR count). The Morgan fingerprint density at radius 1 is 1.15 bits per heavy atom. The van der Waals surface area contributed by atoms with Gasteiger partial charge in [-0.3, -0.25) is 9.89 Å². The van der Waals surface area contributed by atoms with Gasteiger partial charge in [0.25, 0.3) is 5.56 Å². The third-order valence-corrected chi connectivity index (χ3v) is 2.50. The van der Waals surface area contributed by atoms with Gasteiger partial charge in [-0.1, -0.05) is 34.1 Å². The van der Waals surface area contributed by atoms with Crippen LogP contribution >= 0.6 is 15.9 Å². The Balaban J connectivity index is 2.66. The van der Waals surface area contributed by atoms with Crippen molar-refractivity contribution < 1.29 is 0 Å². The van der Waals surface area contributed by atoms with Crippen LogP contribution in [-0.4, -0.2) is 10.2 Å². The van der Waals surface area contributed by atoms with Gasteiger partial charge in [0.05, 0.1) is 5.56 Å². The molecule has 0 atom stereocenters. The van der Waals surface area contributed by atoms with E-state index in [0.717, 1.165) is 10.0 Å². The van der Waals surface area contributed by atoms with Gasteiger partial charge in [-0.05, 0) is 6.07 Å². The number of benzene rings is 1. The van der Waals surface area contributed by atoms with E-state index in [-0.39, 0.29) is 5.56 Å². The molecule has 0 radical (unpaired) electrons. The van der Waals surface area contributed by atoms with Crippen molar-refractivity contribution in [3.63, 3.8) is 0 Å². The van der Waals surface area contributed by atoms with Crippen LogP contribution in [0.4, 0.5) is 0 Å². The summed E-state index contributed by atoms with van der Waals surface area (Å²) in [6.45, 7) is 0. The molecule has 4 heteroatoms. The Morgan fingerprint density at radius 3 is 2.54 bits per heavy atom. The van der Waals surface area contributed by atoms with E-state index in [1.807, 2.05) is 24.3 Å². The normalized spacial score (nSPS) is 10.2. The lowest BCUT2D eigenvalue weighted by Crippen LogP contribution is -2.01. The first-order valence-corrected chi connectivity index (χ1v) is 4.59. The van der Waals surface area contributed by atoms with Crippen molar-refractivity contribution in [2.75, 3.05) is 0 Å². The summed E-state index contributed by atoms with van der Waals surface area (Å²) in [4.78, 5) is 11.3. The Kier molecular flexibility index (Phi) is 2.06. The van der Waals surface area contributed by atoms with Gasteiger partial charge >= 0.3 is 0 Å². The minimum absolute atomic E-state index is 0.105. The zero-order chi connectivity index (χ0) is 9.26. The van der Waals surface area contributed by atoms with Crippen LogP contribution in [0, 0.1) is 0 Å². The maximum absolute atomic E-state index is 11.3. The number of aromatic nitrogens is 2. The predicted octanol–water partition coefficient (Wildman–Crippen LogP) is 2.13. The second-order valence-electron chi connectivity index (χ2n) is 2.64. The van der Waals surface area contributed by atoms with E-state index in [2.05, 4.69) is 26.1 Å². The third kappa shape index (κ3) is 1.45. The number of H-pyrrole nitrogens is 2. The summed E-state index contributed by atoms with van der Waals surface area (Å²) in [5, 5.41) is 5.16. The van der Waals surface area contributed by atoms with Gasteiger partial charge < -0.3 is 5.10 Å². The second-order valence-corrected chi connectivity index (χ2v) is 3.49. The van der Waals surface area contributed by atoms with E-state index in [1.165, 1.54) is 0 Å². The molecule has 1 aromatic carbocycles. The van der Waals surface area contributed by atoms with Crippen molar-refractivity contribution in [1.82, 2.24) is 10.2 Å². The Hall–Kier alpha value is -1.29. The van der Waals surface area contributed by atoms with E-state index in [0.29, 0.717) is 5.56 Å². The molecule has 13 heavy (non-hydrogen) atoms. The molecule has 0 fully saturated rings. The van der Waals surface area contributed by atoms with E-state index >= 15 is 0 Å². The Morgan fingerprint density at radius 2 is 1.92 bits per heavy atom. The number of halogens is 1. The lowest BCUT2D eigenvalue weighted by molar-refractivity contribution is 1.06. The molecular weight excluding hydrogens is 232 g/mol. The minimum atomic E-state index is -0.105. The molecule has 0 aliphatic carbocycles. The molecule has 0 unspecified atom stereocenters. The van der Waals surface area contributed by atoms with Crippen LogP contribution in [-0.2, 0) is 0 Å². The van der Waals surface area contributed by atoms with Crippen LogP contribution in [0.3, 0.4) is 0 Å². The van der Waals surface area contributed by atoms with Crippen molar-refractivity contribution in [2.24, 2.45) is 0 Å². The standard InChI is InChI=1S/C9H7BrN2O/c10-8-4-2-1-3-6(8)7-5-11-12-9(7)13/h1-5H,(H2,11,12,13). The lowest BCUT2D eigenvalue weighted by atomic mass is 10.1. The minimum Gasteiger partial charge on any atom is -0.305 e. The molecule has 0 bridgehead atoms. The molecule has 3 nitrogen and oxygen atoms in total. The molecule has 0 aliphatic rings. The summed E-state index contributed by atoms with van der Waals surface area (Å²) in [6.07, 6.45) is 1.66. The highest BCUT2D eigenvalue weighted by Crippen LogP contribution is 2.24. The first-order valence-electron chi connectivity index (χ1n) is 3.80. The van der Waals surface area contributed by atoms with Crippen LogP contribution in [0.1, 0.15) is 0 Å². The van der Waals surface area contributed by atoms with Gasteiger partial charge in [0.2, 0.25) is 0 Å². The van der Waals surface area contributed by atoms with E-state index in [1.54, 1.807) is 6.20 Å². The Bertz CT molecular complexity index is 472. The molecule has 1 aromatic heterocycles. The molecule has 0 spiro atoms. The SMILES string of the molecule is O=c1[nH][nH]cc1-c1ccccc1Br. The van der Waals surface area contributed by atoms with E-state index < -0.39 is 0 Å². The highest BCUT2D eigenvalue weighted by Gasteiger charge is 2.06. The summed E-state index contributed by atoms with van der Waals surface area (Å²) < 4.78 is 0.917. The summed E-state index contributed by atoms with van der Waals surface area (Å²) in [5.74, 6) is 0. The van der Waals surface area contributed by atoms with Gasteiger partial charge in [-0.25, -0.2) is 0 Å². The number of hydrogen-bond acceptors (Lipinski definition) is 1. The average molecular weight is 239 g/mol. The third-order valence-electron chi connectivity index (χ3n) is 1.81. The van der Waals surface area contributed by atoms with E-state index in [4.69, 9.17) is 0 Å². The van der Waals surface area contributed by atoms with Crippen molar-refractivity contribution >= 4 is 15.9 Å². The molecular formula is C9H7BrN2O. The van der Waals surface area contributed by atoms with E-state index in [9.17, 15) is 4.79 Å². The molecule has 0 saturated carbocycles. The van der Waals surface area contributed by atoms with Gasteiger partial charge in [0, 0.05) is 16.2 Å². The van der Waals surface area contributed by atoms with Crippen molar-refractivity contribution in [3.8, 4) is 11.1 Å². The van der Waals surface area contributed by atoms with Crippen LogP contribution in [0.2, 0.25) is 0 Å². The van der Waals surface area contributed by atoms with Gasteiger partial charge in [0.1, 0.15) is 0 Å². The topological polar surface area (TPSA) is 48.6 Å².